The van der Waals surface area contributed by atoms with E-state index in [-0.39, 0.29) is 17.3 Å². The first-order valence-electron chi connectivity index (χ1n) is 13.1. The van der Waals surface area contributed by atoms with Crippen LogP contribution in [0.1, 0.15) is 50.8 Å². The Morgan fingerprint density at radius 3 is 2.00 bits per heavy atom. The van der Waals surface area contributed by atoms with E-state index in [2.05, 4.69) is 5.32 Å². The van der Waals surface area contributed by atoms with Crippen LogP contribution < -0.4 is 9.62 Å². The van der Waals surface area contributed by atoms with Gasteiger partial charge in [-0.1, -0.05) is 61.5 Å². The zero-order valence-corrected chi connectivity index (χ0v) is 24.5. The van der Waals surface area contributed by atoms with Gasteiger partial charge in [0.15, 0.2) is 0 Å². The molecule has 0 bridgehead atoms. The van der Waals surface area contributed by atoms with Crippen molar-refractivity contribution in [3.05, 3.63) is 95.6 Å². The van der Waals surface area contributed by atoms with Crippen LogP contribution in [0, 0.1) is 13.8 Å². The fourth-order valence-electron chi connectivity index (χ4n) is 4.28. The Balaban J connectivity index is 2.07. The molecule has 208 valence electrons. The zero-order chi connectivity index (χ0) is 28.8. The molecule has 8 heteroatoms. The lowest BCUT2D eigenvalue weighted by atomic mass is 10.1. The van der Waals surface area contributed by atoms with Gasteiger partial charge in [0.25, 0.3) is 10.0 Å². The number of aryl methyl sites for hydroxylation is 2. The molecule has 0 radical (unpaired) electrons. The van der Waals surface area contributed by atoms with Gasteiger partial charge in [-0.2, -0.15) is 0 Å². The van der Waals surface area contributed by atoms with E-state index >= 15 is 0 Å². The van der Waals surface area contributed by atoms with Gasteiger partial charge in [-0.25, -0.2) is 8.42 Å². The van der Waals surface area contributed by atoms with Gasteiger partial charge in [0.05, 0.1) is 10.6 Å². The van der Waals surface area contributed by atoms with Gasteiger partial charge in [0, 0.05) is 12.1 Å². The topological polar surface area (TPSA) is 86.8 Å². The highest BCUT2D eigenvalue weighted by Gasteiger charge is 2.34. The smallest absolute Gasteiger partial charge is 0.264 e. The van der Waals surface area contributed by atoms with Crippen LogP contribution in [0.25, 0.3) is 0 Å². The van der Waals surface area contributed by atoms with Gasteiger partial charge in [0.1, 0.15) is 12.6 Å². The second-order valence-corrected chi connectivity index (χ2v) is 12.6. The minimum atomic E-state index is -4.08. The minimum absolute atomic E-state index is 0.0863. The van der Waals surface area contributed by atoms with Crippen molar-refractivity contribution in [2.75, 3.05) is 10.8 Å². The van der Waals surface area contributed by atoms with Gasteiger partial charge in [0.2, 0.25) is 11.8 Å². The molecule has 39 heavy (non-hydrogen) atoms. The number of benzene rings is 3. The Hall–Kier alpha value is -3.65. The lowest BCUT2D eigenvalue weighted by Gasteiger charge is -2.35. The first-order valence-corrected chi connectivity index (χ1v) is 14.6. The number of nitrogens with one attached hydrogen (secondary N) is 1. The van der Waals surface area contributed by atoms with Crippen LogP contribution in [-0.2, 0) is 26.2 Å². The number of carbonyl (C=O) groups excluding carboxylic acids is 2. The molecule has 0 saturated carbocycles. The summed E-state index contributed by atoms with van der Waals surface area (Å²) in [6.45, 7) is 11.1. The highest BCUT2D eigenvalue weighted by Crippen LogP contribution is 2.26. The number of anilines is 1. The van der Waals surface area contributed by atoms with Gasteiger partial charge in [-0.3, -0.25) is 13.9 Å². The predicted molar refractivity (Wildman–Crippen MR) is 156 cm³/mol. The average Bonchev–Trinajstić information content (AvgIpc) is 2.88. The van der Waals surface area contributed by atoms with Crippen molar-refractivity contribution < 1.29 is 18.0 Å². The molecule has 0 aliphatic heterocycles. The molecule has 0 fully saturated rings. The molecule has 0 saturated heterocycles. The molecule has 1 N–H and O–H groups in total. The first kappa shape index (κ1) is 29.9. The fraction of sp³-hybridized carbons (Fsp3) is 0.355. The number of sulfonamides is 1. The summed E-state index contributed by atoms with van der Waals surface area (Å²) in [7, 11) is -4.08. The fourth-order valence-corrected chi connectivity index (χ4v) is 5.71. The molecular formula is C31H39N3O4S. The quantitative estimate of drug-likeness (QED) is 0.376. The zero-order valence-electron chi connectivity index (χ0n) is 23.6. The first-order chi connectivity index (χ1) is 18.3. The predicted octanol–water partition coefficient (Wildman–Crippen LogP) is 5.22. The van der Waals surface area contributed by atoms with E-state index in [4.69, 9.17) is 0 Å². The van der Waals surface area contributed by atoms with Crippen LogP contribution in [0.4, 0.5) is 5.69 Å². The summed E-state index contributed by atoms with van der Waals surface area (Å²) in [5.41, 5.74) is 2.66. The van der Waals surface area contributed by atoms with E-state index in [1.165, 1.54) is 17.0 Å². The van der Waals surface area contributed by atoms with Crippen molar-refractivity contribution in [3.8, 4) is 0 Å². The normalized spacial score (nSPS) is 12.5. The number of hydrogen-bond donors (Lipinski definition) is 1. The van der Waals surface area contributed by atoms with Crippen molar-refractivity contribution in [2.24, 2.45) is 0 Å². The number of carbonyl (C=O) groups is 2. The highest BCUT2D eigenvalue weighted by molar-refractivity contribution is 7.92. The molecule has 3 aromatic carbocycles. The van der Waals surface area contributed by atoms with Crippen molar-refractivity contribution in [1.29, 1.82) is 0 Å². The Labute approximate surface area is 232 Å². The number of rotatable bonds is 10. The lowest BCUT2D eigenvalue weighted by molar-refractivity contribution is -0.141. The summed E-state index contributed by atoms with van der Waals surface area (Å²) in [6.07, 6.45) is 0.371. The third-order valence-electron chi connectivity index (χ3n) is 6.47. The second kappa shape index (κ2) is 12.5. The summed E-state index contributed by atoms with van der Waals surface area (Å²) in [5, 5.41) is 2.98. The average molecular weight is 550 g/mol. The van der Waals surface area contributed by atoms with Crippen molar-refractivity contribution in [2.45, 2.75) is 71.0 Å². The second-order valence-electron chi connectivity index (χ2n) is 10.8. The largest absolute Gasteiger partial charge is 0.350 e. The standard InChI is InChI=1S/C31H39N3O4S/c1-7-28(30(36)32-31(4,5)6)33(21-25-14-10-8-11-15-25)29(35)22-34(26-19-18-23(2)24(3)20-26)39(37,38)27-16-12-9-13-17-27/h8-20,28H,7,21-22H2,1-6H3,(H,32,36)/t28-/m0/s1. The van der Waals surface area contributed by atoms with E-state index in [0.29, 0.717) is 12.1 Å². The number of amides is 2. The summed E-state index contributed by atoms with van der Waals surface area (Å²) in [6, 6.07) is 22.0. The third-order valence-corrected chi connectivity index (χ3v) is 8.26. The van der Waals surface area contributed by atoms with Crippen molar-refractivity contribution in [3.63, 3.8) is 0 Å². The molecule has 2 amide bonds. The Kier molecular flexibility index (Phi) is 9.56. The van der Waals surface area contributed by atoms with Gasteiger partial charge >= 0.3 is 0 Å². The Morgan fingerprint density at radius 1 is 0.872 bits per heavy atom. The molecular weight excluding hydrogens is 510 g/mol. The van der Waals surface area contributed by atoms with E-state index in [1.807, 2.05) is 77.9 Å². The maximum atomic E-state index is 14.1. The summed E-state index contributed by atoms with van der Waals surface area (Å²) < 4.78 is 28.9. The molecule has 0 heterocycles. The molecule has 0 unspecified atom stereocenters. The summed E-state index contributed by atoms with van der Waals surface area (Å²) >= 11 is 0. The maximum Gasteiger partial charge on any atom is 0.264 e. The molecule has 3 rings (SSSR count). The van der Waals surface area contributed by atoms with Crippen LogP contribution in [0.3, 0.4) is 0 Å². The molecule has 0 spiro atoms. The van der Waals surface area contributed by atoms with E-state index < -0.39 is 34.1 Å². The summed E-state index contributed by atoms with van der Waals surface area (Å²) in [5.74, 6) is -0.745. The van der Waals surface area contributed by atoms with Crippen LogP contribution in [0.2, 0.25) is 0 Å². The van der Waals surface area contributed by atoms with Gasteiger partial charge < -0.3 is 10.2 Å². The van der Waals surface area contributed by atoms with Crippen molar-refractivity contribution >= 4 is 27.5 Å². The molecule has 1 atom stereocenters. The number of nitrogens with zero attached hydrogens (tertiary/aromatic N) is 2. The molecule has 0 aromatic heterocycles. The van der Waals surface area contributed by atoms with E-state index in [0.717, 1.165) is 21.0 Å². The van der Waals surface area contributed by atoms with E-state index in [9.17, 15) is 18.0 Å². The maximum absolute atomic E-state index is 14.1. The highest BCUT2D eigenvalue weighted by atomic mass is 32.2. The monoisotopic (exact) mass is 549 g/mol. The van der Waals surface area contributed by atoms with Crippen LogP contribution in [0.5, 0.6) is 0 Å². The molecule has 7 nitrogen and oxygen atoms in total. The Bertz CT molecular complexity index is 1380. The lowest BCUT2D eigenvalue weighted by Crippen LogP contribution is -2.55. The van der Waals surface area contributed by atoms with Crippen LogP contribution in [-0.4, -0.2) is 43.3 Å². The minimum Gasteiger partial charge on any atom is -0.350 e. The van der Waals surface area contributed by atoms with Crippen LogP contribution in [0.15, 0.2) is 83.8 Å². The third kappa shape index (κ3) is 7.69. The summed E-state index contributed by atoms with van der Waals surface area (Å²) in [4.78, 5) is 29.0. The molecule has 0 aliphatic carbocycles. The van der Waals surface area contributed by atoms with Gasteiger partial charge in [-0.05, 0) is 82.0 Å². The van der Waals surface area contributed by atoms with E-state index in [1.54, 1.807) is 30.3 Å². The van der Waals surface area contributed by atoms with Crippen LogP contribution >= 0.6 is 0 Å². The van der Waals surface area contributed by atoms with Gasteiger partial charge in [-0.15, -0.1) is 0 Å². The van der Waals surface area contributed by atoms with Crippen molar-refractivity contribution in [1.82, 2.24) is 10.2 Å². The molecule has 3 aromatic rings. The molecule has 0 aliphatic rings. The Morgan fingerprint density at radius 2 is 1.46 bits per heavy atom. The number of hydrogen-bond acceptors (Lipinski definition) is 4. The SMILES string of the molecule is CC[C@@H](C(=O)NC(C)(C)C)N(Cc1ccccc1)C(=O)CN(c1ccc(C)c(C)c1)S(=O)(=O)c1ccccc1.